The number of sulfonamides is 1. The van der Waals surface area contributed by atoms with E-state index in [1.807, 2.05) is 6.07 Å². The summed E-state index contributed by atoms with van der Waals surface area (Å²) in [6.07, 6.45) is 0.570. The Morgan fingerprint density at radius 1 is 1.00 bits per heavy atom. The molecule has 0 aliphatic heterocycles. The Kier molecular flexibility index (Phi) is 5.10. The van der Waals surface area contributed by atoms with E-state index in [2.05, 4.69) is 4.40 Å². The summed E-state index contributed by atoms with van der Waals surface area (Å²) in [6.45, 7) is 0. The minimum atomic E-state index is -3.99. The van der Waals surface area contributed by atoms with Gasteiger partial charge in [-0.25, -0.2) is 0 Å². The van der Waals surface area contributed by atoms with Gasteiger partial charge in [0.15, 0.2) is 6.29 Å². The van der Waals surface area contributed by atoms with Crippen LogP contribution in [0.5, 0.6) is 0 Å². The number of carbonyl (C=O) groups excluding carboxylic acids is 1. The molecular weight excluding hydrogens is 403 g/mol. The van der Waals surface area contributed by atoms with Crippen LogP contribution in [-0.4, -0.2) is 19.3 Å². The summed E-state index contributed by atoms with van der Waals surface area (Å²) in [6, 6.07) is 14.5. The summed E-state index contributed by atoms with van der Waals surface area (Å²) in [7, 11) is -3.99. The van der Waals surface area contributed by atoms with Crippen molar-refractivity contribution in [1.82, 2.24) is 4.57 Å². The van der Waals surface area contributed by atoms with Crippen molar-refractivity contribution in [3.05, 3.63) is 74.5 Å². The van der Waals surface area contributed by atoms with Crippen molar-refractivity contribution in [3.8, 4) is 5.69 Å². The predicted molar refractivity (Wildman–Crippen MR) is 98.2 cm³/mol. The number of rotatable bonds is 4. The van der Waals surface area contributed by atoms with E-state index in [0.717, 1.165) is 11.3 Å². The molecule has 0 fully saturated rings. The molecular formula is C16H10Cl2N2O3S2. The third kappa shape index (κ3) is 3.69. The molecule has 0 saturated heterocycles. The molecule has 0 spiro atoms. The summed E-state index contributed by atoms with van der Waals surface area (Å²) >= 11 is 12.9. The van der Waals surface area contributed by atoms with Gasteiger partial charge in [0.2, 0.25) is 4.80 Å². The highest BCUT2D eigenvalue weighted by Gasteiger charge is 2.17. The van der Waals surface area contributed by atoms with E-state index < -0.39 is 10.0 Å². The summed E-state index contributed by atoms with van der Waals surface area (Å²) < 4.78 is 30.4. The topological polar surface area (TPSA) is 68.5 Å². The zero-order valence-corrected chi connectivity index (χ0v) is 15.6. The van der Waals surface area contributed by atoms with Crippen molar-refractivity contribution in [2.24, 2.45) is 4.40 Å². The molecule has 0 bridgehead atoms. The molecule has 0 N–H and O–H groups in total. The fraction of sp³-hybridized carbons (Fsp3) is 0. The van der Waals surface area contributed by atoms with Crippen LogP contribution in [0.3, 0.4) is 0 Å². The molecule has 1 aromatic heterocycles. The molecule has 2 aromatic carbocycles. The number of thiazole rings is 1. The maximum Gasteiger partial charge on any atom is 0.285 e. The quantitative estimate of drug-likeness (QED) is 0.609. The van der Waals surface area contributed by atoms with Crippen LogP contribution in [-0.2, 0) is 10.0 Å². The van der Waals surface area contributed by atoms with Crippen molar-refractivity contribution in [3.63, 3.8) is 0 Å². The second-order valence-electron chi connectivity index (χ2n) is 4.85. The molecule has 0 unspecified atom stereocenters. The van der Waals surface area contributed by atoms with E-state index in [-0.39, 0.29) is 19.7 Å². The van der Waals surface area contributed by atoms with Gasteiger partial charge < -0.3 is 0 Å². The molecule has 0 aliphatic carbocycles. The lowest BCUT2D eigenvalue weighted by atomic mass is 10.3. The second-order valence-corrected chi connectivity index (χ2v) is 8.26. The third-order valence-electron chi connectivity index (χ3n) is 3.22. The van der Waals surface area contributed by atoms with Gasteiger partial charge >= 0.3 is 0 Å². The number of aldehydes is 1. The Hall–Kier alpha value is -1.93. The van der Waals surface area contributed by atoms with Gasteiger partial charge in [0.05, 0.1) is 4.90 Å². The Morgan fingerprint density at radius 3 is 2.24 bits per heavy atom. The van der Waals surface area contributed by atoms with Crippen LogP contribution in [0.15, 0.2) is 63.9 Å². The highest BCUT2D eigenvalue weighted by Crippen LogP contribution is 2.22. The fourth-order valence-electron chi connectivity index (χ4n) is 2.08. The summed E-state index contributed by atoms with van der Waals surface area (Å²) in [5.74, 6) is 0. The molecule has 9 heteroatoms. The molecule has 1 heterocycles. The maximum atomic E-state index is 12.6. The number of nitrogens with zero attached hydrogens (tertiary/aromatic N) is 2. The lowest BCUT2D eigenvalue weighted by Crippen LogP contribution is -2.15. The number of hydrogen-bond acceptors (Lipinski definition) is 4. The molecule has 3 rings (SSSR count). The summed E-state index contributed by atoms with van der Waals surface area (Å²) in [5.41, 5.74) is 0.599. The SMILES string of the molecule is O=Cc1sc(=NS(=O)(=O)c2ccc(Cl)cc2)n(-c2ccccc2)c1Cl. The van der Waals surface area contributed by atoms with Gasteiger partial charge in [0, 0.05) is 10.7 Å². The molecule has 0 radical (unpaired) electrons. The Morgan fingerprint density at radius 2 is 1.64 bits per heavy atom. The normalized spacial score (nSPS) is 12.3. The van der Waals surface area contributed by atoms with E-state index in [4.69, 9.17) is 23.2 Å². The molecule has 0 atom stereocenters. The zero-order chi connectivity index (χ0) is 18.0. The zero-order valence-electron chi connectivity index (χ0n) is 12.5. The average molecular weight is 413 g/mol. The number of hydrogen-bond donors (Lipinski definition) is 0. The first kappa shape index (κ1) is 17.9. The van der Waals surface area contributed by atoms with E-state index in [1.54, 1.807) is 24.3 Å². The third-order valence-corrected chi connectivity index (χ3v) is 6.32. The van der Waals surface area contributed by atoms with Gasteiger partial charge in [-0.3, -0.25) is 9.36 Å². The Balaban J connectivity index is 2.25. The number of halogens is 2. The van der Waals surface area contributed by atoms with Gasteiger partial charge in [-0.05, 0) is 36.4 Å². The summed E-state index contributed by atoms with van der Waals surface area (Å²) in [4.78, 5) is 11.5. The fourth-order valence-corrected chi connectivity index (χ4v) is 4.61. The molecule has 128 valence electrons. The van der Waals surface area contributed by atoms with Crippen LogP contribution in [0.1, 0.15) is 9.67 Å². The Bertz CT molecular complexity index is 1090. The van der Waals surface area contributed by atoms with E-state index in [1.165, 1.54) is 28.8 Å². The van der Waals surface area contributed by atoms with Crippen LogP contribution in [0.25, 0.3) is 5.69 Å². The standard InChI is InChI=1S/C16H10Cl2N2O3S2/c17-11-6-8-13(9-7-11)25(22,23)19-16-20(12-4-2-1-3-5-12)15(18)14(10-21)24-16/h1-10H. The van der Waals surface area contributed by atoms with E-state index in [0.29, 0.717) is 17.0 Å². The van der Waals surface area contributed by atoms with Crippen LogP contribution < -0.4 is 4.80 Å². The van der Waals surface area contributed by atoms with E-state index >= 15 is 0 Å². The first-order valence-electron chi connectivity index (χ1n) is 6.91. The Labute approximate surface area is 157 Å². The van der Waals surface area contributed by atoms with Crippen molar-refractivity contribution >= 4 is 50.8 Å². The summed E-state index contributed by atoms with van der Waals surface area (Å²) in [5, 5.41) is 0.525. The molecule has 25 heavy (non-hydrogen) atoms. The van der Waals surface area contributed by atoms with Gasteiger partial charge in [-0.15, -0.1) is 4.40 Å². The minimum absolute atomic E-state index is 0.00585. The molecule has 0 aliphatic rings. The van der Waals surface area contributed by atoms with Crippen molar-refractivity contribution in [1.29, 1.82) is 0 Å². The van der Waals surface area contributed by atoms with Gasteiger partial charge in [-0.2, -0.15) is 8.42 Å². The van der Waals surface area contributed by atoms with Gasteiger partial charge in [0.25, 0.3) is 10.0 Å². The smallest absolute Gasteiger partial charge is 0.285 e. The van der Waals surface area contributed by atoms with Crippen LogP contribution >= 0.6 is 34.5 Å². The van der Waals surface area contributed by atoms with E-state index in [9.17, 15) is 13.2 Å². The molecule has 3 aromatic rings. The predicted octanol–water partition coefficient (Wildman–Crippen LogP) is 3.95. The number of para-hydroxylation sites is 1. The lowest BCUT2D eigenvalue weighted by Gasteiger charge is -2.04. The first-order chi connectivity index (χ1) is 11.9. The van der Waals surface area contributed by atoms with Crippen LogP contribution in [0, 0.1) is 0 Å². The highest BCUT2D eigenvalue weighted by atomic mass is 35.5. The van der Waals surface area contributed by atoms with Crippen LogP contribution in [0.2, 0.25) is 10.2 Å². The van der Waals surface area contributed by atoms with Gasteiger partial charge in [0.1, 0.15) is 10.0 Å². The number of benzene rings is 2. The first-order valence-corrected chi connectivity index (χ1v) is 9.92. The minimum Gasteiger partial charge on any atom is -0.297 e. The maximum absolute atomic E-state index is 12.6. The highest BCUT2D eigenvalue weighted by molar-refractivity contribution is 7.90. The number of carbonyl (C=O) groups is 1. The number of aromatic nitrogens is 1. The molecule has 0 amide bonds. The average Bonchev–Trinajstić information content (AvgIpc) is 2.90. The lowest BCUT2D eigenvalue weighted by molar-refractivity contribution is 0.112. The molecule has 0 saturated carbocycles. The largest absolute Gasteiger partial charge is 0.297 e. The van der Waals surface area contributed by atoms with Crippen molar-refractivity contribution in [2.75, 3.05) is 0 Å². The molecule has 5 nitrogen and oxygen atoms in total. The monoisotopic (exact) mass is 412 g/mol. The van der Waals surface area contributed by atoms with Gasteiger partial charge in [-0.1, -0.05) is 52.7 Å². The van der Waals surface area contributed by atoms with Crippen LogP contribution in [0.4, 0.5) is 0 Å². The second kappa shape index (κ2) is 7.13. The van der Waals surface area contributed by atoms with Crippen molar-refractivity contribution < 1.29 is 13.2 Å². The van der Waals surface area contributed by atoms with Crippen molar-refractivity contribution in [2.45, 2.75) is 4.90 Å².